The second-order valence-electron chi connectivity index (χ2n) is 5.21. The summed E-state index contributed by atoms with van der Waals surface area (Å²) in [6.07, 6.45) is 3.03. The average Bonchev–Trinajstić information content (AvgIpc) is 2.34. The lowest BCUT2D eigenvalue weighted by Gasteiger charge is -2.33. The van der Waals surface area contributed by atoms with Crippen LogP contribution in [0.5, 0.6) is 0 Å². The largest absolute Gasteiger partial charge is 0.356 e. The molecule has 1 rings (SSSR count). The molecule has 0 aliphatic carbocycles. The maximum absolute atomic E-state index is 11.5. The van der Waals surface area contributed by atoms with Gasteiger partial charge in [0, 0.05) is 47.2 Å². The van der Waals surface area contributed by atoms with Gasteiger partial charge in [-0.05, 0) is 18.8 Å². The second kappa shape index (κ2) is 9.39. The minimum Gasteiger partial charge on any atom is -0.356 e. The van der Waals surface area contributed by atoms with Gasteiger partial charge in [-0.2, -0.15) is 0 Å². The highest BCUT2D eigenvalue weighted by Crippen LogP contribution is 2.15. The minimum absolute atomic E-state index is 0. The van der Waals surface area contributed by atoms with Gasteiger partial charge in [0.2, 0.25) is 5.91 Å². The van der Waals surface area contributed by atoms with Crippen molar-refractivity contribution in [3.63, 3.8) is 0 Å². The Morgan fingerprint density at radius 1 is 1.47 bits per heavy atom. The summed E-state index contributed by atoms with van der Waals surface area (Å²) >= 11 is 0. The van der Waals surface area contributed by atoms with Crippen molar-refractivity contribution in [2.45, 2.75) is 26.2 Å². The molecule has 1 amide bonds. The van der Waals surface area contributed by atoms with Gasteiger partial charge in [0.05, 0.1) is 0 Å². The van der Waals surface area contributed by atoms with Crippen LogP contribution in [0.4, 0.5) is 0 Å². The fourth-order valence-electron chi connectivity index (χ4n) is 2.22. The SMILES string of the molecule is CN=C(NCCC(=O)N(C)C)N1CCCC(C)C1.I. The standard InChI is InChI=1S/C13H26N4O.HI/c1-11-6-5-9-17(10-11)13(14-2)15-8-7-12(18)16(3)4;/h11H,5-10H2,1-4H3,(H,14,15);1H. The molecule has 1 aliphatic heterocycles. The molecule has 1 unspecified atom stereocenters. The number of rotatable bonds is 3. The summed E-state index contributed by atoms with van der Waals surface area (Å²) in [5.74, 6) is 1.79. The number of halogens is 1. The molecule has 0 aromatic carbocycles. The van der Waals surface area contributed by atoms with E-state index < -0.39 is 0 Å². The van der Waals surface area contributed by atoms with Crippen molar-refractivity contribution in [2.24, 2.45) is 10.9 Å². The van der Waals surface area contributed by atoms with Crippen molar-refractivity contribution in [1.29, 1.82) is 0 Å². The second-order valence-corrected chi connectivity index (χ2v) is 5.21. The summed E-state index contributed by atoms with van der Waals surface area (Å²) in [4.78, 5) is 19.7. The van der Waals surface area contributed by atoms with Gasteiger partial charge in [0.25, 0.3) is 0 Å². The van der Waals surface area contributed by atoms with Crippen LogP contribution in [0.15, 0.2) is 4.99 Å². The van der Waals surface area contributed by atoms with Gasteiger partial charge >= 0.3 is 0 Å². The van der Waals surface area contributed by atoms with E-state index in [-0.39, 0.29) is 29.9 Å². The van der Waals surface area contributed by atoms with Crippen molar-refractivity contribution in [1.82, 2.24) is 15.1 Å². The van der Waals surface area contributed by atoms with Gasteiger partial charge in [-0.25, -0.2) is 0 Å². The van der Waals surface area contributed by atoms with Gasteiger partial charge in [0.15, 0.2) is 5.96 Å². The smallest absolute Gasteiger partial charge is 0.223 e. The van der Waals surface area contributed by atoms with E-state index in [4.69, 9.17) is 0 Å². The lowest BCUT2D eigenvalue weighted by atomic mass is 10.0. The summed E-state index contributed by atoms with van der Waals surface area (Å²) < 4.78 is 0. The molecule has 1 N–H and O–H groups in total. The topological polar surface area (TPSA) is 47.9 Å². The quantitative estimate of drug-likeness (QED) is 0.456. The molecule has 0 spiro atoms. The van der Waals surface area contributed by atoms with Crippen LogP contribution in [0.1, 0.15) is 26.2 Å². The van der Waals surface area contributed by atoms with Crippen LogP contribution in [-0.4, -0.2) is 62.4 Å². The number of likely N-dealkylation sites (tertiary alicyclic amines) is 1. The van der Waals surface area contributed by atoms with Crippen molar-refractivity contribution >= 4 is 35.8 Å². The molecule has 1 saturated heterocycles. The van der Waals surface area contributed by atoms with Crippen LogP contribution in [0.2, 0.25) is 0 Å². The molecular weight excluding hydrogens is 355 g/mol. The summed E-state index contributed by atoms with van der Waals surface area (Å²) in [7, 11) is 5.36. The first-order valence-corrected chi connectivity index (χ1v) is 6.70. The predicted molar refractivity (Wildman–Crippen MR) is 90.1 cm³/mol. The fraction of sp³-hybridized carbons (Fsp3) is 0.846. The molecule has 1 aliphatic rings. The van der Waals surface area contributed by atoms with Crippen molar-refractivity contribution in [3.05, 3.63) is 0 Å². The Hall–Kier alpha value is -0.530. The molecule has 0 aromatic rings. The minimum atomic E-state index is 0. The van der Waals surface area contributed by atoms with Crippen LogP contribution in [-0.2, 0) is 4.79 Å². The summed E-state index contributed by atoms with van der Waals surface area (Å²) in [5.41, 5.74) is 0. The number of piperidine rings is 1. The van der Waals surface area contributed by atoms with Crippen molar-refractivity contribution in [2.75, 3.05) is 40.8 Å². The van der Waals surface area contributed by atoms with Gasteiger partial charge in [-0.15, -0.1) is 24.0 Å². The highest BCUT2D eigenvalue weighted by atomic mass is 127. The van der Waals surface area contributed by atoms with E-state index >= 15 is 0 Å². The Kier molecular flexibility index (Phi) is 9.12. The van der Waals surface area contributed by atoms with E-state index in [0.29, 0.717) is 13.0 Å². The molecule has 1 heterocycles. The molecular formula is C13H27IN4O. The number of nitrogens with zero attached hydrogens (tertiary/aromatic N) is 3. The van der Waals surface area contributed by atoms with Crippen molar-refractivity contribution < 1.29 is 4.79 Å². The van der Waals surface area contributed by atoms with E-state index in [2.05, 4.69) is 22.1 Å². The van der Waals surface area contributed by atoms with Crippen molar-refractivity contribution in [3.8, 4) is 0 Å². The Morgan fingerprint density at radius 3 is 2.68 bits per heavy atom. The zero-order valence-electron chi connectivity index (χ0n) is 12.5. The third kappa shape index (κ3) is 6.44. The Balaban J connectivity index is 0.00000324. The van der Waals surface area contributed by atoms with Gasteiger partial charge in [0.1, 0.15) is 0 Å². The maximum Gasteiger partial charge on any atom is 0.223 e. The monoisotopic (exact) mass is 382 g/mol. The van der Waals surface area contributed by atoms with Gasteiger partial charge < -0.3 is 15.1 Å². The number of carbonyl (C=O) groups excluding carboxylic acids is 1. The van der Waals surface area contributed by atoms with Crippen LogP contribution in [0.25, 0.3) is 0 Å². The fourth-order valence-corrected chi connectivity index (χ4v) is 2.22. The number of hydrogen-bond donors (Lipinski definition) is 1. The summed E-state index contributed by atoms with van der Waals surface area (Å²) in [6, 6.07) is 0. The number of aliphatic imine (C=N–C) groups is 1. The number of carbonyl (C=O) groups is 1. The van der Waals surface area contributed by atoms with Crippen LogP contribution in [0.3, 0.4) is 0 Å². The normalized spacial score (nSPS) is 19.7. The first-order valence-electron chi connectivity index (χ1n) is 6.70. The predicted octanol–water partition coefficient (Wildman–Crippen LogP) is 1.39. The first kappa shape index (κ1) is 18.5. The number of amides is 1. The van der Waals surface area contributed by atoms with E-state index in [1.807, 2.05) is 0 Å². The van der Waals surface area contributed by atoms with E-state index in [1.54, 1.807) is 26.0 Å². The Labute approximate surface area is 133 Å². The molecule has 1 fully saturated rings. The lowest BCUT2D eigenvalue weighted by molar-refractivity contribution is -0.128. The first-order chi connectivity index (χ1) is 8.54. The van der Waals surface area contributed by atoms with E-state index in [9.17, 15) is 4.79 Å². The molecule has 19 heavy (non-hydrogen) atoms. The number of guanidine groups is 1. The Morgan fingerprint density at radius 2 is 2.16 bits per heavy atom. The van der Waals surface area contributed by atoms with E-state index in [0.717, 1.165) is 25.0 Å². The molecule has 5 nitrogen and oxygen atoms in total. The molecule has 1 atom stereocenters. The van der Waals surface area contributed by atoms with Gasteiger partial charge in [-0.1, -0.05) is 6.92 Å². The van der Waals surface area contributed by atoms with Crippen LogP contribution < -0.4 is 5.32 Å². The van der Waals surface area contributed by atoms with E-state index in [1.165, 1.54) is 12.8 Å². The van der Waals surface area contributed by atoms with Gasteiger partial charge in [-0.3, -0.25) is 9.79 Å². The van der Waals surface area contributed by atoms with Crippen LogP contribution in [0, 0.1) is 5.92 Å². The zero-order chi connectivity index (χ0) is 13.5. The highest BCUT2D eigenvalue weighted by molar-refractivity contribution is 14.0. The molecule has 0 bridgehead atoms. The molecule has 6 heteroatoms. The Bertz CT molecular complexity index is 307. The molecule has 0 radical (unpaired) electrons. The summed E-state index contributed by atoms with van der Waals surface area (Å²) in [6.45, 7) is 5.04. The third-order valence-corrected chi connectivity index (χ3v) is 3.29. The average molecular weight is 382 g/mol. The molecule has 0 saturated carbocycles. The number of hydrogen-bond acceptors (Lipinski definition) is 2. The van der Waals surface area contributed by atoms with Crippen LogP contribution >= 0.6 is 24.0 Å². The highest BCUT2D eigenvalue weighted by Gasteiger charge is 2.19. The maximum atomic E-state index is 11.5. The molecule has 0 aromatic heterocycles. The third-order valence-electron chi connectivity index (χ3n) is 3.29. The summed E-state index contributed by atoms with van der Waals surface area (Å²) in [5, 5.41) is 3.27. The molecule has 112 valence electrons. The number of nitrogens with one attached hydrogen (secondary N) is 1. The lowest BCUT2D eigenvalue weighted by Crippen LogP contribution is -2.46. The zero-order valence-corrected chi connectivity index (χ0v) is 14.8.